The maximum atomic E-state index is 3.47. The largest absolute Gasteiger partial charge is 0.381 e. The summed E-state index contributed by atoms with van der Waals surface area (Å²) in [6, 6.07) is 17.4. The van der Waals surface area contributed by atoms with Crippen molar-refractivity contribution in [3.63, 3.8) is 0 Å². The molecule has 0 radical (unpaired) electrons. The SMILES string of the molecule is CCN(CC)c1ccc(CNc2ccc(SC)cc2)cc1. The van der Waals surface area contributed by atoms with E-state index in [1.54, 1.807) is 11.8 Å². The van der Waals surface area contributed by atoms with Crippen molar-refractivity contribution in [2.24, 2.45) is 0 Å². The van der Waals surface area contributed by atoms with Crippen LogP contribution in [0.5, 0.6) is 0 Å². The predicted molar refractivity (Wildman–Crippen MR) is 95.6 cm³/mol. The first kappa shape index (κ1) is 15.8. The molecule has 0 fully saturated rings. The lowest BCUT2D eigenvalue weighted by Gasteiger charge is -2.21. The van der Waals surface area contributed by atoms with Gasteiger partial charge < -0.3 is 10.2 Å². The summed E-state index contributed by atoms with van der Waals surface area (Å²) in [5.74, 6) is 0. The van der Waals surface area contributed by atoms with Crippen LogP contribution in [0.3, 0.4) is 0 Å². The van der Waals surface area contributed by atoms with Crippen molar-refractivity contribution in [2.75, 3.05) is 29.6 Å². The summed E-state index contributed by atoms with van der Waals surface area (Å²) in [6.45, 7) is 7.34. The molecule has 2 aromatic rings. The standard InChI is InChI=1S/C18H24N2S/c1-4-20(5-2)17-10-6-15(7-11-17)14-19-16-8-12-18(21-3)13-9-16/h6-13,19H,4-5,14H2,1-3H3. The van der Waals surface area contributed by atoms with Crippen molar-refractivity contribution in [3.05, 3.63) is 54.1 Å². The molecule has 0 aliphatic heterocycles. The molecular weight excluding hydrogens is 276 g/mol. The maximum Gasteiger partial charge on any atom is 0.0400 e. The van der Waals surface area contributed by atoms with E-state index < -0.39 is 0 Å². The second-order valence-electron chi connectivity index (χ2n) is 4.92. The lowest BCUT2D eigenvalue weighted by atomic mass is 10.2. The van der Waals surface area contributed by atoms with Crippen LogP contribution in [0.15, 0.2) is 53.4 Å². The molecule has 21 heavy (non-hydrogen) atoms. The number of nitrogens with one attached hydrogen (secondary N) is 1. The fraction of sp³-hybridized carbons (Fsp3) is 0.333. The van der Waals surface area contributed by atoms with Gasteiger partial charge in [-0.2, -0.15) is 0 Å². The molecule has 2 aromatic carbocycles. The minimum atomic E-state index is 0.858. The zero-order valence-electron chi connectivity index (χ0n) is 13.1. The van der Waals surface area contributed by atoms with Crippen LogP contribution in [0.2, 0.25) is 0 Å². The first-order valence-electron chi connectivity index (χ1n) is 7.48. The monoisotopic (exact) mass is 300 g/mol. The summed E-state index contributed by atoms with van der Waals surface area (Å²) < 4.78 is 0. The fourth-order valence-corrected chi connectivity index (χ4v) is 2.73. The number of anilines is 2. The molecule has 2 nitrogen and oxygen atoms in total. The highest BCUT2D eigenvalue weighted by atomic mass is 32.2. The summed E-state index contributed by atoms with van der Waals surface area (Å²) in [5.41, 5.74) is 3.77. The van der Waals surface area contributed by atoms with Crippen LogP contribution < -0.4 is 10.2 Å². The normalized spacial score (nSPS) is 10.4. The molecule has 1 N–H and O–H groups in total. The minimum Gasteiger partial charge on any atom is -0.381 e. The van der Waals surface area contributed by atoms with Gasteiger partial charge >= 0.3 is 0 Å². The molecule has 0 saturated carbocycles. The summed E-state index contributed by atoms with van der Waals surface area (Å²) >= 11 is 1.77. The third-order valence-corrected chi connectivity index (χ3v) is 4.40. The highest BCUT2D eigenvalue weighted by Gasteiger charge is 2.01. The van der Waals surface area contributed by atoms with Gasteiger partial charge in [0.25, 0.3) is 0 Å². The Balaban J connectivity index is 1.93. The van der Waals surface area contributed by atoms with Crippen LogP contribution in [0.1, 0.15) is 19.4 Å². The van der Waals surface area contributed by atoms with Gasteiger partial charge in [0.15, 0.2) is 0 Å². The van der Waals surface area contributed by atoms with Gasteiger partial charge in [-0.15, -0.1) is 11.8 Å². The van der Waals surface area contributed by atoms with Gasteiger partial charge in [-0.1, -0.05) is 12.1 Å². The van der Waals surface area contributed by atoms with Crippen molar-refractivity contribution in [1.29, 1.82) is 0 Å². The van der Waals surface area contributed by atoms with Crippen molar-refractivity contribution in [3.8, 4) is 0 Å². The van der Waals surface area contributed by atoms with E-state index in [4.69, 9.17) is 0 Å². The first-order valence-corrected chi connectivity index (χ1v) is 8.71. The van der Waals surface area contributed by atoms with Crippen molar-refractivity contribution < 1.29 is 0 Å². The van der Waals surface area contributed by atoms with Crippen molar-refractivity contribution in [2.45, 2.75) is 25.3 Å². The van der Waals surface area contributed by atoms with Crippen molar-refractivity contribution in [1.82, 2.24) is 0 Å². The maximum absolute atomic E-state index is 3.47. The number of rotatable bonds is 7. The Kier molecular flexibility index (Phi) is 6.00. The van der Waals surface area contributed by atoms with Crippen LogP contribution in [0.25, 0.3) is 0 Å². The van der Waals surface area contributed by atoms with Crippen LogP contribution in [0, 0.1) is 0 Å². The van der Waals surface area contributed by atoms with E-state index >= 15 is 0 Å². The second-order valence-corrected chi connectivity index (χ2v) is 5.80. The molecule has 0 amide bonds. The number of hydrogen-bond acceptors (Lipinski definition) is 3. The van der Waals surface area contributed by atoms with Gasteiger partial charge in [-0.05, 0) is 62.1 Å². The van der Waals surface area contributed by atoms with Gasteiger partial charge in [0.2, 0.25) is 0 Å². The summed E-state index contributed by atoms with van der Waals surface area (Å²) in [6.07, 6.45) is 2.10. The Morgan fingerprint density at radius 2 is 1.52 bits per heavy atom. The molecule has 2 rings (SSSR count). The Labute approximate surface area is 132 Å². The molecule has 0 aliphatic rings. The molecule has 0 aliphatic carbocycles. The zero-order valence-corrected chi connectivity index (χ0v) is 13.9. The van der Waals surface area contributed by atoms with Gasteiger partial charge in [0, 0.05) is 35.9 Å². The van der Waals surface area contributed by atoms with Crippen molar-refractivity contribution >= 4 is 23.1 Å². The average Bonchev–Trinajstić information content (AvgIpc) is 2.55. The molecule has 0 atom stereocenters. The number of nitrogens with zero attached hydrogens (tertiary/aromatic N) is 1. The smallest absolute Gasteiger partial charge is 0.0400 e. The third kappa shape index (κ3) is 4.43. The molecule has 0 spiro atoms. The Hall–Kier alpha value is -1.61. The molecule has 0 saturated heterocycles. The van der Waals surface area contributed by atoms with E-state index in [9.17, 15) is 0 Å². The highest BCUT2D eigenvalue weighted by Crippen LogP contribution is 2.19. The number of benzene rings is 2. The first-order chi connectivity index (χ1) is 10.3. The van der Waals surface area contributed by atoms with Crippen LogP contribution in [-0.2, 0) is 6.54 Å². The summed E-state index contributed by atoms with van der Waals surface area (Å²) in [4.78, 5) is 3.65. The molecule has 3 heteroatoms. The third-order valence-electron chi connectivity index (χ3n) is 3.65. The number of hydrogen-bond donors (Lipinski definition) is 1. The zero-order chi connectivity index (χ0) is 15.1. The molecule has 0 aromatic heterocycles. The molecule has 0 bridgehead atoms. The predicted octanol–water partition coefficient (Wildman–Crippen LogP) is 4.87. The van der Waals surface area contributed by atoms with E-state index in [1.807, 2.05) is 0 Å². The highest BCUT2D eigenvalue weighted by molar-refractivity contribution is 7.98. The van der Waals surface area contributed by atoms with E-state index in [0.29, 0.717) is 0 Å². The van der Waals surface area contributed by atoms with Gasteiger partial charge in [0.05, 0.1) is 0 Å². The Morgan fingerprint density at radius 3 is 2.05 bits per heavy atom. The number of thioether (sulfide) groups is 1. The molecule has 0 heterocycles. The molecule has 112 valence electrons. The van der Waals surface area contributed by atoms with Gasteiger partial charge in [0.1, 0.15) is 0 Å². The van der Waals surface area contributed by atoms with E-state index in [-0.39, 0.29) is 0 Å². The van der Waals surface area contributed by atoms with Crippen LogP contribution in [0.4, 0.5) is 11.4 Å². The second kappa shape index (κ2) is 7.99. The van der Waals surface area contributed by atoms with Crippen LogP contribution in [-0.4, -0.2) is 19.3 Å². The average molecular weight is 300 g/mol. The minimum absolute atomic E-state index is 0.858. The molecule has 0 unspecified atom stereocenters. The topological polar surface area (TPSA) is 15.3 Å². The lowest BCUT2D eigenvalue weighted by Crippen LogP contribution is -2.21. The van der Waals surface area contributed by atoms with E-state index in [0.717, 1.165) is 19.6 Å². The van der Waals surface area contributed by atoms with E-state index in [1.165, 1.54) is 21.8 Å². The lowest BCUT2D eigenvalue weighted by molar-refractivity contribution is 0.865. The van der Waals surface area contributed by atoms with Gasteiger partial charge in [-0.3, -0.25) is 0 Å². The quantitative estimate of drug-likeness (QED) is 0.735. The summed E-state index contributed by atoms with van der Waals surface area (Å²) in [5, 5.41) is 3.47. The Morgan fingerprint density at radius 1 is 0.905 bits per heavy atom. The molecular formula is C18H24N2S. The van der Waals surface area contributed by atoms with Gasteiger partial charge in [-0.25, -0.2) is 0 Å². The van der Waals surface area contributed by atoms with Crippen LogP contribution >= 0.6 is 11.8 Å². The summed E-state index contributed by atoms with van der Waals surface area (Å²) in [7, 11) is 0. The fourth-order valence-electron chi connectivity index (χ4n) is 2.33. The Bertz CT molecular complexity index is 530. The van der Waals surface area contributed by atoms with E-state index in [2.05, 4.69) is 78.9 Å².